The monoisotopic (exact) mass is 379 g/mol. The van der Waals surface area contributed by atoms with Crippen LogP contribution < -0.4 is 0 Å². The number of hydrogen-bond acceptors (Lipinski definition) is 5. The Balaban J connectivity index is 1.82. The summed E-state index contributed by atoms with van der Waals surface area (Å²) in [7, 11) is 0. The normalized spacial score (nSPS) is 16.2. The van der Waals surface area contributed by atoms with E-state index in [0.717, 1.165) is 27.9 Å². The molecule has 1 fully saturated rings. The third-order valence-corrected chi connectivity index (χ3v) is 4.83. The van der Waals surface area contributed by atoms with Crippen LogP contribution in [0.1, 0.15) is 5.69 Å². The molecule has 0 aliphatic carbocycles. The Morgan fingerprint density at radius 2 is 2.12 bits per heavy atom. The second-order valence-electron chi connectivity index (χ2n) is 4.87. The zero-order valence-corrected chi connectivity index (χ0v) is 14.4. The summed E-state index contributed by atoms with van der Waals surface area (Å²) in [4.78, 5) is 24.4. The molecule has 3 rings (SSSR count). The van der Waals surface area contributed by atoms with Crippen LogP contribution in [-0.2, 0) is 9.59 Å². The molecule has 1 aromatic heterocycles. The molecule has 1 aromatic carbocycles. The molecule has 1 aliphatic heterocycles. The third kappa shape index (κ3) is 3.50. The van der Waals surface area contributed by atoms with E-state index in [1.165, 1.54) is 0 Å². The fourth-order valence-electron chi connectivity index (χ4n) is 2.09. The molecule has 24 heavy (non-hydrogen) atoms. The summed E-state index contributed by atoms with van der Waals surface area (Å²) in [6.45, 7) is -0.446. The first-order chi connectivity index (χ1) is 11.4. The molecular weight excluding hydrogens is 370 g/mol. The summed E-state index contributed by atoms with van der Waals surface area (Å²) in [5.41, 5.74) is 2.24. The number of amides is 1. The van der Waals surface area contributed by atoms with Gasteiger partial charge in [-0.1, -0.05) is 47.7 Å². The SMILES string of the molecule is O=C(O)CN1C(=O)C(=Cc2cc(-c3ccc(Cl)cc3)[nH]n2)SC1=S. The molecule has 6 nitrogen and oxygen atoms in total. The number of H-pyrrole nitrogens is 1. The summed E-state index contributed by atoms with van der Waals surface area (Å²) in [5, 5.41) is 16.5. The van der Waals surface area contributed by atoms with Crippen LogP contribution >= 0.6 is 35.6 Å². The second-order valence-corrected chi connectivity index (χ2v) is 6.99. The lowest BCUT2D eigenvalue weighted by molar-refractivity contribution is -0.140. The maximum absolute atomic E-state index is 12.2. The van der Waals surface area contributed by atoms with Gasteiger partial charge in [-0.2, -0.15) is 5.10 Å². The minimum Gasteiger partial charge on any atom is -0.480 e. The van der Waals surface area contributed by atoms with Gasteiger partial charge in [0.25, 0.3) is 5.91 Å². The number of carboxylic acid groups (broad SMARTS) is 1. The van der Waals surface area contributed by atoms with E-state index < -0.39 is 18.4 Å². The number of halogens is 1. The lowest BCUT2D eigenvalue weighted by atomic mass is 10.1. The van der Waals surface area contributed by atoms with E-state index in [4.69, 9.17) is 28.9 Å². The van der Waals surface area contributed by atoms with Gasteiger partial charge >= 0.3 is 5.97 Å². The van der Waals surface area contributed by atoms with Crippen molar-refractivity contribution in [3.8, 4) is 11.3 Å². The molecule has 0 spiro atoms. The summed E-state index contributed by atoms with van der Waals surface area (Å²) in [6.07, 6.45) is 1.58. The first-order valence-electron chi connectivity index (χ1n) is 6.72. The number of nitrogens with one attached hydrogen (secondary N) is 1. The molecule has 2 aromatic rings. The minimum absolute atomic E-state index is 0.224. The van der Waals surface area contributed by atoms with Crippen molar-refractivity contribution >= 4 is 57.9 Å². The highest BCUT2D eigenvalue weighted by molar-refractivity contribution is 8.26. The number of thioether (sulfide) groups is 1. The number of nitrogens with zero attached hydrogens (tertiary/aromatic N) is 2. The molecule has 122 valence electrons. The van der Waals surface area contributed by atoms with Crippen molar-refractivity contribution in [2.75, 3.05) is 6.54 Å². The number of rotatable bonds is 4. The van der Waals surface area contributed by atoms with Gasteiger partial charge in [-0.3, -0.25) is 19.6 Å². The summed E-state index contributed by atoms with van der Waals surface area (Å²) < 4.78 is 0.224. The number of aromatic amines is 1. The van der Waals surface area contributed by atoms with Crippen LogP contribution in [0.25, 0.3) is 17.3 Å². The van der Waals surface area contributed by atoms with Crippen LogP contribution in [0.5, 0.6) is 0 Å². The van der Waals surface area contributed by atoms with E-state index >= 15 is 0 Å². The minimum atomic E-state index is -1.11. The molecule has 0 unspecified atom stereocenters. The van der Waals surface area contributed by atoms with Crippen LogP contribution in [0.3, 0.4) is 0 Å². The Hall–Kier alpha value is -2.16. The first kappa shape index (κ1) is 16.7. The number of aliphatic carboxylic acids is 1. The van der Waals surface area contributed by atoms with E-state index in [-0.39, 0.29) is 4.32 Å². The van der Waals surface area contributed by atoms with Crippen molar-refractivity contribution in [3.63, 3.8) is 0 Å². The van der Waals surface area contributed by atoms with E-state index in [0.29, 0.717) is 15.6 Å². The zero-order valence-electron chi connectivity index (χ0n) is 12.0. The molecule has 0 saturated carbocycles. The number of thiocarbonyl (C=S) groups is 1. The van der Waals surface area contributed by atoms with Crippen LogP contribution in [0, 0.1) is 0 Å². The van der Waals surface area contributed by atoms with Gasteiger partial charge in [0.1, 0.15) is 10.9 Å². The molecule has 1 amide bonds. The predicted octanol–water partition coefficient (Wildman–Crippen LogP) is 3.02. The fourth-order valence-corrected chi connectivity index (χ4v) is 3.46. The molecule has 0 bridgehead atoms. The van der Waals surface area contributed by atoms with Crippen molar-refractivity contribution in [1.29, 1.82) is 0 Å². The molecule has 2 N–H and O–H groups in total. The molecule has 9 heteroatoms. The number of carbonyl (C=O) groups is 2. The van der Waals surface area contributed by atoms with E-state index in [1.807, 2.05) is 12.1 Å². The maximum atomic E-state index is 12.2. The Morgan fingerprint density at radius 1 is 1.42 bits per heavy atom. The van der Waals surface area contributed by atoms with Gasteiger partial charge in [-0.25, -0.2) is 0 Å². The molecule has 1 saturated heterocycles. The predicted molar refractivity (Wildman–Crippen MR) is 96.5 cm³/mol. The third-order valence-electron chi connectivity index (χ3n) is 3.20. The van der Waals surface area contributed by atoms with Crippen LogP contribution in [0.4, 0.5) is 0 Å². The number of carbonyl (C=O) groups excluding carboxylic acids is 1. The Bertz CT molecular complexity index is 861. The average molecular weight is 380 g/mol. The Labute approximate surface area is 151 Å². The highest BCUT2D eigenvalue weighted by Gasteiger charge is 2.33. The van der Waals surface area contributed by atoms with Crippen LogP contribution in [-0.4, -0.2) is 42.9 Å². The molecular formula is C15H10ClN3O3S2. The van der Waals surface area contributed by atoms with E-state index in [9.17, 15) is 9.59 Å². The van der Waals surface area contributed by atoms with Gasteiger partial charge in [0.05, 0.1) is 16.3 Å². The summed E-state index contributed by atoms with van der Waals surface area (Å²) in [6, 6.07) is 9.04. The number of aromatic nitrogens is 2. The van der Waals surface area contributed by atoms with Gasteiger partial charge in [0.2, 0.25) is 0 Å². The number of carboxylic acids is 1. The van der Waals surface area contributed by atoms with Gasteiger partial charge < -0.3 is 5.11 Å². The smallest absolute Gasteiger partial charge is 0.323 e. The van der Waals surface area contributed by atoms with Crippen molar-refractivity contribution in [3.05, 3.63) is 46.0 Å². The topological polar surface area (TPSA) is 86.3 Å². The van der Waals surface area contributed by atoms with Crippen molar-refractivity contribution < 1.29 is 14.7 Å². The van der Waals surface area contributed by atoms with E-state index in [2.05, 4.69) is 10.2 Å². The number of benzene rings is 1. The quantitative estimate of drug-likeness (QED) is 0.627. The average Bonchev–Trinajstić information content (AvgIpc) is 3.09. The maximum Gasteiger partial charge on any atom is 0.323 e. The number of hydrogen-bond donors (Lipinski definition) is 2. The fraction of sp³-hybridized carbons (Fsp3) is 0.0667. The molecule has 2 heterocycles. The largest absolute Gasteiger partial charge is 0.480 e. The molecule has 0 radical (unpaired) electrons. The van der Waals surface area contributed by atoms with Crippen molar-refractivity contribution in [2.24, 2.45) is 0 Å². The lowest BCUT2D eigenvalue weighted by Gasteiger charge is -2.09. The molecule has 0 atom stereocenters. The standard InChI is InChI=1S/C15H10ClN3O3S2/c16-9-3-1-8(2-4-9)11-5-10(17-18-11)6-12-14(22)19(7-13(20)21)15(23)24-12/h1-6H,7H2,(H,17,18)(H,20,21). The molecule has 1 aliphatic rings. The Morgan fingerprint density at radius 3 is 2.79 bits per heavy atom. The Kier molecular flexibility index (Phi) is 4.70. The van der Waals surface area contributed by atoms with Gasteiger partial charge in [0.15, 0.2) is 0 Å². The van der Waals surface area contributed by atoms with Crippen LogP contribution in [0.15, 0.2) is 35.2 Å². The highest BCUT2D eigenvalue weighted by Crippen LogP contribution is 2.32. The van der Waals surface area contributed by atoms with Gasteiger partial charge in [-0.15, -0.1) is 0 Å². The van der Waals surface area contributed by atoms with Gasteiger partial charge in [0, 0.05) is 5.02 Å². The van der Waals surface area contributed by atoms with Crippen molar-refractivity contribution in [1.82, 2.24) is 15.1 Å². The second kappa shape index (κ2) is 6.76. The lowest BCUT2D eigenvalue weighted by Crippen LogP contribution is -2.33. The summed E-state index contributed by atoms with van der Waals surface area (Å²) in [5.74, 6) is -1.54. The van der Waals surface area contributed by atoms with Crippen molar-refractivity contribution in [2.45, 2.75) is 0 Å². The highest BCUT2D eigenvalue weighted by atomic mass is 35.5. The van der Waals surface area contributed by atoms with Crippen LogP contribution in [0.2, 0.25) is 5.02 Å². The first-order valence-corrected chi connectivity index (χ1v) is 8.33. The van der Waals surface area contributed by atoms with Gasteiger partial charge in [-0.05, 0) is 29.8 Å². The van der Waals surface area contributed by atoms with E-state index in [1.54, 1.807) is 24.3 Å². The summed E-state index contributed by atoms with van der Waals surface area (Å²) >= 11 is 12.0. The zero-order chi connectivity index (χ0) is 17.3.